The highest BCUT2D eigenvalue weighted by molar-refractivity contribution is 7.82. The summed E-state index contributed by atoms with van der Waals surface area (Å²) in [5, 5.41) is 21.7. The van der Waals surface area contributed by atoms with Gasteiger partial charge in [-0.3, -0.25) is 0 Å². The van der Waals surface area contributed by atoms with Crippen LogP contribution in [0.3, 0.4) is 0 Å². The summed E-state index contributed by atoms with van der Waals surface area (Å²) < 4.78 is 42.1. The molecule has 1 aliphatic carbocycles. The van der Waals surface area contributed by atoms with Crippen molar-refractivity contribution >= 4 is 28.3 Å². The standard InChI is InChI=1S/C29H22F2N4O3S2.H2O/c30-21-9-6-16(7-10-21)18-2-1-3-20(12-18)26-23(13-19-8-11-22(40(32)38)14-24(19)31)27(17-4-5-17)35(34-26)29-33-25(15-39-29)28(36)37;/h1-3,6-12,14-15,17H,4-5,13H2,(H2,32,38)(H,36,37);1H2. The SMILES string of the molecule is N[SH+](=O)c1ccc(Cc2c(-c3cccc(-c4ccc(F)cc4)c3)nn(-c3nc(C(=O)O)cs3)c2C2CC2)c(F)c1.[OH-]. The summed E-state index contributed by atoms with van der Waals surface area (Å²) >= 11 is 1.18. The van der Waals surface area contributed by atoms with Gasteiger partial charge in [0, 0.05) is 34.9 Å². The van der Waals surface area contributed by atoms with E-state index in [2.05, 4.69) is 4.98 Å². The van der Waals surface area contributed by atoms with Crippen molar-refractivity contribution < 1.29 is 28.4 Å². The molecule has 0 aliphatic heterocycles. The average Bonchev–Trinajstić information content (AvgIpc) is 3.52. The number of halogens is 2. The van der Waals surface area contributed by atoms with Gasteiger partial charge < -0.3 is 10.6 Å². The number of rotatable bonds is 8. The van der Waals surface area contributed by atoms with E-state index in [0.29, 0.717) is 16.4 Å². The highest BCUT2D eigenvalue weighted by Crippen LogP contribution is 2.46. The molecule has 210 valence electrons. The van der Waals surface area contributed by atoms with Gasteiger partial charge in [0.1, 0.15) is 11.6 Å². The van der Waals surface area contributed by atoms with Crippen molar-refractivity contribution in [3.8, 4) is 27.5 Å². The highest BCUT2D eigenvalue weighted by atomic mass is 32.2. The monoisotopic (exact) mass is 594 g/mol. The van der Waals surface area contributed by atoms with Gasteiger partial charge in [-0.15, -0.1) is 16.5 Å². The zero-order chi connectivity index (χ0) is 28.0. The fourth-order valence-corrected chi connectivity index (χ4v) is 5.97. The Kier molecular flexibility index (Phi) is 7.91. The highest BCUT2D eigenvalue weighted by Gasteiger charge is 2.34. The lowest BCUT2D eigenvalue weighted by Gasteiger charge is -2.10. The molecule has 3 aromatic carbocycles. The molecule has 4 N–H and O–H groups in total. The minimum atomic E-state index is -2.17. The number of thiazole rings is 1. The Labute approximate surface area is 240 Å². The number of carboxylic acid groups (broad SMARTS) is 1. The lowest BCUT2D eigenvalue weighted by molar-refractivity contribution is 0.0691. The molecule has 2 heterocycles. The smallest absolute Gasteiger partial charge is 0.355 e. The minimum absolute atomic E-state index is 0. The number of carboxylic acids is 1. The Bertz CT molecular complexity index is 1780. The van der Waals surface area contributed by atoms with Gasteiger partial charge in [-0.1, -0.05) is 40.6 Å². The second kappa shape index (κ2) is 11.4. The summed E-state index contributed by atoms with van der Waals surface area (Å²) in [6.07, 6.45) is 2.03. The number of thiol groups is 1. The first-order valence-electron chi connectivity index (χ1n) is 12.5. The van der Waals surface area contributed by atoms with E-state index in [9.17, 15) is 18.5 Å². The Morgan fingerprint density at radius 1 is 1.05 bits per heavy atom. The van der Waals surface area contributed by atoms with Crippen molar-refractivity contribution in [1.29, 1.82) is 0 Å². The Morgan fingerprint density at radius 3 is 2.41 bits per heavy atom. The number of nitrogens with zero attached hydrogens (tertiary/aromatic N) is 3. The van der Waals surface area contributed by atoms with Crippen molar-refractivity contribution in [3.05, 3.63) is 106 Å². The van der Waals surface area contributed by atoms with Crippen molar-refractivity contribution in [2.45, 2.75) is 30.1 Å². The fraction of sp³-hybridized carbons (Fsp3) is 0.138. The van der Waals surface area contributed by atoms with Crippen LogP contribution in [0, 0.1) is 11.6 Å². The van der Waals surface area contributed by atoms with E-state index in [0.717, 1.165) is 40.8 Å². The maximum Gasteiger partial charge on any atom is 0.355 e. The van der Waals surface area contributed by atoms with Gasteiger partial charge in [-0.2, -0.15) is 5.10 Å². The van der Waals surface area contributed by atoms with Crippen LogP contribution in [0.15, 0.2) is 77.0 Å². The number of carbonyl (C=O) groups is 1. The van der Waals surface area contributed by atoms with Gasteiger partial charge >= 0.3 is 5.97 Å². The quantitative estimate of drug-likeness (QED) is 0.170. The number of aromatic nitrogens is 3. The third-order valence-electron chi connectivity index (χ3n) is 6.85. The molecule has 1 fully saturated rings. The predicted octanol–water partition coefficient (Wildman–Crippen LogP) is 5.86. The van der Waals surface area contributed by atoms with Gasteiger partial charge in [0.25, 0.3) is 0 Å². The first-order valence-corrected chi connectivity index (χ1v) is 14.7. The molecule has 0 amide bonds. The summed E-state index contributed by atoms with van der Waals surface area (Å²) in [5.41, 5.74) is 5.06. The molecule has 5 aromatic rings. The molecule has 8 nitrogen and oxygen atoms in total. The Balaban J connectivity index is 0.00000337. The van der Waals surface area contributed by atoms with E-state index in [1.165, 1.54) is 34.9 Å². The summed E-state index contributed by atoms with van der Waals surface area (Å²) in [5.74, 6) is -1.81. The van der Waals surface area contributed by atoms with Crippen molar-refractivity contribution in [2.75, 3.05) is 0 Å². The second-order valence-corrected chi connectivity index (χ2v) is 11.6. The summed E-state index contributed by atoms with van der Waals surface area (Å²) in [6.45, 7) is 0. The second-order valence-electron chi connectivity index (χ2n) is 9.58. The van der Waals surface area contributed by atoms with Gasteiger partial charge in [0.05, 0.1) is 11.4 Å². The zero-order valence-corrected chi connectivity index (χ0v) is 23.1. The van der Waals surface area contributed by atoms with Crippen LogP contribution in [0.5, 0.6) is 0 Å². The fourth-order valence-electron chi connectivity index (χ4n) is 4.75. The third-order valence-corrected chi connectivity index (χ3v) is 8.45. The summed E-state index contributed by atoms with van der Waals surface area (Å²) in [7, 11) is -2.17. The molecule has 1 saturated carbocycles. The Morgan fingerprint density at radius 2 is 1.78 bits per heavy atom. The molecule has 0 spiro atoms. The van der Waals surface area contributed by atoms with Crippen LogP contribution in [0.25, 0.3) is 27.5 Å². The van der Waals surface area contributed by atoms with E-state index >= 15 is 4.39 Å². The molecule has 41 heavy (non-hydrogen) atoms. The first-order chi connectivity index (χ1) is 19.3. The number of hydrogen-bond donors (Lipinski definition) is 2. The van der Waals surface area contributed by atoms with Crippen LogP contribution in [0.4, 0.5) is 8.78 Å². The first kappa shape index (κ1) is 28.4. The molecule has 2 aromatic heterocycles. The number of benzene rings is 3. The zero-order valence-electron chi connectivity index (χ0n) is 21.4. The van der Waals surface area contributed by atoms with Gasteiger partial charge in [0.15, 0.2) is 21.6 Å². The molecule has 0 bridgehead atoms. The molecular weight excluding hydrogens is 570 g/mol. The van der Waals surface area contributed by atoms with Crippen LogP contribution >= 0.6 is 11.3 Å². The average molecular weight is 595 g/mol. The Hall–Kier alpha value is -4.10. The van der Waals surface area contributed by atoms with E-state index in [4.69, 9.17) is 10.2 Å². The molecule has 0 saturated heterocycles. The number of nitrogens with two attached hydrogens (primary N) is 1. The van der Waals surface area contributed by atoms with Gasteiger partial charge in [0.2, 0.25) is 5.13 Å². The largest absolute Gasteiger partial charge is 0.870 e. The molecule has 6 rings (SSSR count). The molecule has 0 radical (unpaired) electrons. The lowest BCUT2D eigenvalue weighted by atomic mass is 9.95. The van der Waals surface area contributed by atoms with Gasteiger partial charge in [-0.05, 0) is 53.8 Å². The maximum atomic E-state index is 15.2. The van der Waals surface area contributed by atoms with Crippen LogP contribution in [0.2, 0.25) is 0 Å². The molecule has 1 atom stereocenters. The molecule has 1 unspecified atom stereocenters. The van der Waals surface area contributed by atoms with Crippen LogP contribution in [-0.2, 0) is 21.6 Å². The normalized spacial score (nSPS) is 13.5. The van der Waals surface area contributed by atoms with E-state index in [1.54, 1.807) is 28.9 Å². The van der Waals surface area contributed by atoms with Crippen molar-refractivity contribution in [3.63, 3.8) is 0 Å². The number of aromatic carboxylic acids is 1. The van der Waals surface area contributed by atoms with Crippen molar-refractivity contribution in [2.24, 2.45) is 5.14 Å². The van der Waals surface area contributed by atoms with Crippen molar-refractivity contribution in [1.82, 2.24) is 14.8 Å². The molecular formula is C29H24F2N4O4S2. The lowest BCUT2D eigenvalue weighted by Crippen LogP contribution is -2.05. The van der Waals surface area contributed by atoms with Crippen LogP contribution < -0.4 is 5.14 Å². The maximum absolute atomic E-state index is 15.2. The van der Waals surface area contributed by atoms with E-state index in [-0.39, 0.29) is 34.2 Å². The summed E-state index contributed by atoms with van der Waals surface area (Å²) in [6, 6.07) is 18.2. The van der Waals surface area contributed by atoms with Crippen LogP contribution in [0.1, 0.15) is 46.1 Å². The molecule has 12 heteroatoms. The summed E-state index contributed by atoms with van der Waals surface area (Å²) in [4.78, 5) is 16.1. The van der Waals surface area contributed by atoms with Gasteiger partial charge in [-0.25, -0.2) is 23.2 Å². The number of hydrogen-bond acceptors (Lipinski definition) is 6. The third kappa shape index (κ3) is 5.72. The van der Waals surface area contributed by atoms with E-state index < -0.39 is 22.8 Å². The van der Waals surface area contributed by atoms with E-state index in [1.807, 2.05) is 24.3 Å². The minimum Gasteiger partial charge on any atom is -0.870 e. The predicted molar refractivity (Wildman–Crippen MR) is 152 cm³/mol. The topological polar surface area (TPSA) is 141 Å². The molecule has 1 aliphatic rings. The van der Waals surface area contributed by atoms with Crippen LogP contribution in [-0.4, -0.2) is 31.3 Å².